The van der Waals surface area contributed by atoms with E-state index in [0.717, 1.165) is 5.56 Å². The zero-order chi connectivity index (χ0) is 32.4. The number of hydrogen-bond acceptors (Lipinski definition) is 10. The maximum absolute atomic E-state index is 13.3. The second kappa shape index (κ2) is 15.5. The standard InChI is InChI=1S/C31H38N4O9/c1-7-42-26-12-18(4)8-10-25(26)43-16-23(36)22(15-28(38)39)33-30(40)29(17(2)3)34-27(37)14-21-13-20(9-11-24(21)41-6)31-32-19(5)35-44-31/h8-13,17,22,29H,7,14-16H2,1-6H3,(H,33,40)(H,34,37)(H,38,39)/t22-,29-/m0/s1. The number of carbonyl (C=O) groups excluding carboxylic acids is 3. The molecule has 0 saturated heterocycles. The van der Waals surface area contributed by atoms with Gasteiger partial charge in [-0.15, -0.1) is 0 Å². The van der Waals surface area contributed by atoms with Gasteiger partial charge in [0.2, 0.25) is 11.8 Å². The van der Waals surface area contributed by atoms with Crippen molar-refractivity contribution in [3.05, 3.63) is 53.3 Å². The average molecular weight is 611 g/mol. The van der Waals surface area contributed by atoms with Crippen molar-refractivity contribution in [3.8, 4) is 28.7 Å². The van der Waals surface area contributed by atoms with Crippen LogP contribution in [0.2, 0.25) is 0 Å². The topological polar surface area (TPSA) is 179 Å². The van der Waals surface area contributed by atoms with E-state index in [4.69, 9.17) is 18.7 Å². The van der Waals surface area contributed by atoms with Gasteiger partial charge in [0.25, 0.3) is 5.89 Å². The van der Waals surface area contributed by atoms with Gasteiger partial charge >= 0.3 is 5.97 Å². The van der Waals surface area contributed by atoms with E-state index >= 15 is 0 Å². The zero-order valence-corrected chi connectivity index (χ0v) is 25.6. The number of rotatable bonds is 16. The summed E-state index contributed by atoms with van der Waals surface area (Å²) in [4.78, 5) is 55.2. The Balaban J connectivity index is 1.71. The van der Waals surface area contributed by atoms with Gasteiger partial charge in [0.1, 0.15) is 24.4 Å². The number of hydrogen-bond donors (Lipinski definition) is 3. The minimum Gasteiger partial charge on any atom is -0.496 e. The van der Waals surface area contributed by atoms with Crippen molar-refractivity contribution >= 4 is 23.6 Å². The number of nitrogens with zero attached hydrogens (tertiary/aromatic N) is 2. The molecule has 3 aromatic rings. The molecule has 0 spiro atoms. The number of aromatic nitrogens is 2. The first-order chi connectivity index (χ1) is 20.9. The van der Waals surface area contributed by atoms with Gasteiger partial charge in [0, 0.05) is 11.1 Å². The molecule has 3 N–H and O–H groups in total. The van der Waals surface area contributed by atoms with Crippen molar-refractivity contribution in [2.75, 3.05) is 20.3 Å². The maximum Gasteiger partial charge on any atom is 0.305 e. The molecule has 0 fully saturated rings. The van der Waals surface area contributed by atoms with Crippen LogP contribution < -0.4 is 24.8 Å². The van der Waals surface area contributed by atoms with Crippen LogP contribution >= 0.6 is 0 Å². The highest BCUT2D eigenvalue weighted by Gasteiger charge is 2.30. The number of amides is 2. The van der Waals surface area contributed by atoms with E-state index in [1.54, 1.807) is 57.2 Å². The van der Waals surface area contributed by atoms with E-state index < -0.39 is 54.6 Å². The fraction of sp³-hybridized carbons (Fsp3) is 0.419. The summed E-state index contributed by atoms with van der Waals surface area (Å²) in [5.74, 6) is -1.62. The molecule has 2 aromatic carbocycles. The molecule has 13 nitrogen and oxygen atoms in total. The number of benzene rings is 2. The highest BCUT2D eigenvalue weighted by molar-refractivity contribution is 5.95. The van der Waals surface area contributed by atoms with Crippen LogP contribution in [0.1, 0.15) is 44.1 Å². The highest BCUT2D eigenvalue weighted by atomic mass is 16.5. The van der Waals surface area contributed by atoms with E-state index in [1.807, 2.05) is 13.8 Å². The van der Waals surface area contributed by atoms with Crippen LogP contribution in [0.4, 0.5) is 0 Å². The molecule has 0 bridgehead atoms. The zero-order valence-electron chi connectivity index (χ0n) is 25.6. The summed E-state index contributed by atoms with van der Waals surface area (Å²) in [7, 11) is 1.47. The summed E-state index contributed by atoms with van der Waals surface area (Å²) < 4.78 is 21.8. The number of ether oxygens (including phenoxy) is 3. The van der Waals surface area contributed by atoms with Crippen molar-refractivity contribution in [2.24, 2.45) is 5.92 Å². The summed E-state index contributed by atoms with van der Waals surface area (Å²) in [6.45, 7) is 8.68. The molecule has 44 heavy (non-hydrogen) atoms. The minimum absolute atomic E-state index is 0.148. The molecule has 0 radical (unpaired) electrons. The van der Waals surface area contributed by atoms with Crippen LogP contribution in [0.3, 0.4) is 0 Å². The van der Waals surface area contributed by atoms with E-state index in [9.17, 15) is 24.3 Å². The number of carboxylic acids is 1. The van der Waals surface area contributed by atoms with Gasteiger partial charge in [-0.3, -0.25) is 19.2 Å². The number of Topliss-reactive ketones (excluding diaryl/α,β-unsaturated/α-hetero) is 1. The van der Waals surface area contributed by atoms with Crippen LogP contribution in [0, 0.1) is 19.8 Å². The first-order valence-electron chi connectivity index (χ1n) is 14.1. The third kappa shape index (κ3) is 9.28. The lowest BCUT2D eigenvalue weighted by Crippen LogP contribution is -2.54. The van der Waals surface area contributed by atoms with Crippen LogP contribution in [0.5, 0.6) is 17.2 Å². The van der Waals surface area contributed by atoms with Gasteiger partial charge in [-0.2, -0.15) is 4.98 Å². The van der Waals surface area contributed by atoms with Gasteiger partial charge in [0.15, 0.2) is 23.1 Å². The number of ketones is 1. The van der Waals surface area contributed by atoms with E-state index in [-0.39, 0.29) is 12.3 Å². The van der Waals surface area contributed by atoms with Crippen molar-refractivity contribution in [1.82, 2.24) is 20.8 Å². The minimum atomic E-state index is -1.39. The van der Waals surface area contributed by atoms with Gasteiger partial charge in [-0.1, -0.05) is 25.1 Å². The predicted molar refractivity (Wildman–Crippen MR) is 159 cm³/mol. The molecule has 0 aliphatic rings. The average Bonchev–Trinajstić information content (AvgIpc) is 3.40. The quantitative estimate of drug-likeness (QED) is 0.217. The predicted octanol–water partition coefficient (Wildman–Crippen LogP) is 3.05. The monoisotopic (exact) mass is 610 g/mol. The van der Waals surface area contributed by atoms with Gasteiger partial charge < -0.3 is 34.5 Å². The molecule has 2 atom stereocenters. The maximum atomic E-state index is 13.3. The van der Waals surface area contributed by atoms with E-state index in [0.29, 0.717) is 40.8 Å². The fourth-order valence-electron chi connectivity index (χ4n) is 4.33. The molecule has 236 valence electrons. The lowest BCUT2D eigenvalue weighted by Gasteiger charge is -2.25. The largest absolute Gasteiger partial charge is 0.496 e. The Labute approximate surface area is 255 Å². The molecular weight excluding hydrogens is 572 g/mol. The summed E-state index contributed by atoms with van der Waals surface area (Å²) in [6, 6.07) is 7.80. The normalized spacial score (nSPS) is 12.2. The van der Waals surface area contributed by atoms with Gasteiger partial charge in [0.05, 0.1) is 26.6 Å². The number of carbonyl (C=O) groups is 4. The summed E-state index contributed by atoms with van der Waals surface area (Å²) in [5, 5.41) is 18.4. The Bertz CT molecular complexity index is 1480. The second-order valence-corrected chi connectivity index (χ2v) is 10.4. The summed E-state index contributed by atoms with van der Waals surface area (Å²) in [5.41, 5.74) is 2.03. The lowest BCUT2D eigenvalue weighted by molar-refractivity contribution is -0.141. The van der Waals surface area contributed by atoms with Crippen LogP contribution in [0.25, 0.3) is 11.5 Å². The summed E-state index contributed by atoms with van der Waals surface area (Å²) in [6.07, 6.45) is -0.817. The molecule has 0 unspecified atom stereocenters. The van der Waals surface area contributed by atoms with Gasteiger partial charge in [-0.05, 0) is 62.6 Å². The molecule has 1 heterocycles. The molecule has 13 heteroatoms. The highest BCUT2D eigenvalue weighted by Crippen LogP contribution is 2.29. The molecular formula is C31H38N4O9. The Morgan fingerprint density at radius 2 is 1.70 bits per heavy atom. The van der Waals surface area contributed by atoms with Crippen LogP contribution in [-0.4, -0.2) is 71.2 Å². The molecule has 0 aliphatic carbocycles. The number of aryl methyl sites for hydroxylation is 2. The lowest BCUT2D eigenvalue weighted by atomic mass is 10.0. The third-order valence-electron chi connectivity index (χ3n) is 6.52. The van der Waals surface area contributed by atoms with Crippen LogP contribution in [-0.2, 0) is 25.6 Å². The Kier molecular flexibility index (Phi) is 11.8. The third-order valence-corrected chi connectivity index (χ3v) is 6.52. The number of nitrogens with one attached hydrogen (secondary N) is 2. The molecule has 1 aromatic heterocycles. The smallest absolute Gasteiger partial charge is 0.305 e. The number of aliphatic carboxylic acids is 1. The van der Waals surface area contributed by atoms with Crippen molar-refractivity contribution in [1.29, 1.82) is 0 Å². The molecule has 3 rings (SSSR count). The molecule has 0 aliphatic heterocycles. The fourth-order valence-corrected chi connectivity index (χ4v) is 4.33. The van der Waals surface area contributed by atoms with Crippen molar-refractivity contribution < 1.29 is 43.0 Å². The van der Waals surface area contributed by atoms with Gasteiger partial charge in [-0.25, -0.2) is 0 Å². The Morgan fingerprint density at radius 1 is 0.977 bits per heavy atom. The SMILES string of the molecule is CCOc1cc(C)ccc1OCC(=O)[C@H](CC(=O)O)NC(=O)[C@@H](NC(=O)Cc1cc(-c2nc(C)no2)ccc1OC)C(C)C. The van der Waals surface area contributed by atoms with E-state index in [1.165, 1.54) is 7.11 Å². The van der Waals surface area contributed by atoms with Crippen LogP contribution in [0.15, 0.2) is 40.9 Å². The Morgan fingerprint density at radius 3 is 2.32 bits per heavy atom. The summed E-state index contributed by atoms with van der Waals surface area (Å²) >= 11 is 0. The number of methoxy groups -OCH3 is 1. The molecule has 2 amide bonds. The first kappa shape index (κ1) is 33.6. The first-order valence-corrected chi connectivity index (χ1v) is 14.1. The number of carboxylic acid groups (broad SMARTS) is 1. The van der Waals surface area contributed by atoms with E-state index in [2.05, 4.69) is 20.8 Å². The van der Waals surface area contributed by atoms with Crippen molar-refractivity contribution in [2.45, 2.75) is 59.5 Å². The molecule has 0 saturated carbocycles. The Hall–Kier alpha value is -4.94. The van der Waals surface area contributed by atoms with Crippen molar-refractivity contribution in [3.63, 3.8) is 0 Å². The second-order valence-electron chi connectivity index (χ2n) is 10.4.